The highest BCUT2D eigenvalue weighted by Gasteiger charge is 2.33. The lowest BCUT2D eigenvalue weighted by Gasteiger charge is -2.39. The van der Waals surface area contributed by atoms with E-state index in [1.54, 1.807) is 0 Å². The largest absolute Gasteiger partial charge is 0.325 e. The Hall–Kier alpha value is 0.250. The minimum absolute atomic E-state index is 0. The van der Waals surface area contributed by atoms with Crippen LogP contribution in [0.1, 0.15) is 182 Å². The summed E-state index contributed by atoms with van der Waals surface area (Å²) >= 11 is 0. The summed E-state index contributed by atoms with van der Waals surface area (Å²) in [4.78, 5) is 0. The van der Waals surface area contributed by atoms with Crippen molar-refractivity contribution < 1.29 is 0 Å². The van der Waals surface area contributed by atoms with E-state index < -0.39 is 0 Å². The van der Waals surface area contributed by atoms with Gasteiger partial charge < -0.3 is 5.73 Å². The van der Waals surface area contributed by atoms with Crippen molar-refractivity contribution in [2.75, 3.05) is 0 Å². The number of nitrogens with two attached hydrogens (primary N) is 1. The summed E-state index contributed by atoms with van der Waals surface area (Å²) < 4.78 is 0. The van der Waals surface area contributed by atoms with Crippen LogP contribution in [-0.4, -0.2) is 5.54 Å². The minimum Gasteiger partial charge on any atom is -0.325 e. The zero-order chi connectivity index (χ0) is 23.0. The fourth-order valence-electron chi connectivity index (χ4n) is 5.36. The Morgan fingerprint density at radius 1 is 0.438 bits per heavy atom. The molecule has 196 valence electrons. The maximum absolute atomic E-state index is 7.35. The van der Waals surface area contributed by atoms with E-state index in [0.29, 0.717) is 0 Å². The first kappa shape index (κ1) is 34.4. The van der Waals surface area contributed by atoms with Gasteiger partial charge in [-0.15, -0.1) is 12.4 Å². The molecule has 0 fully saturated rings. The van der Waals surface area contributed by atoms with Crippen LogP contribution in [0.15, 0.2) is 0 Å². The van der Waals surface area contributed by atoms with Crippen LogP contribution in [0.5, 0.6) is 0 Å². The van der Waals surface area contributed by atoms with Crippen molar-refractivity contribution in [2.24, 2.45) is 11.7 Å². The predicted molar refractivity (Wildman–Crippen MR) is 151 cm³/mol. The second-order valence-electron chi connectivity index (χ2n) is 10.7. The molecule has 0 atom stereocenters. The van der Waals surface area contributed by atoms with Gasteiger partial charge in [-0.05, 0) is 31.6 Å². The van der Waals surface area contributed by atoms with E-state index in [1.165, 1.54) is 154 Å². The van der Waals surface area contributed by atoms with Gasteiger partial charge in [0.2, 0.25) is 0 Å². The summed E-state index contributed by atoms with van der Waals surface area (Å²) in [6, 6.07) is 0. The number of rotatable bonds is 25. The zero-order valence-corrected chi connectivity index (χ0v) is 23.9. The summed E-state index contributed by atoms with van der Waals surface area (Å²) in [5.74, 6) is 0.758. The van der Waals surface area contributed by atoms with E-state index in [4.69, 9.17) is 5.73 Å². The van der Waals surface area contributed by atoms with Crippen molar-refractivity contribution >= 4 is 12.4 Å². The van der Waals surface area contributed by atoms with Crippen LogP contribution in [0, 0.1) is 5.92 Å². The highest BCUT2D eigenvalue weighted by atomic mass is 35.5. The first-order chi connectivity index (χ1) is 15.1. The summed E-state index contributed by atoms with van der Waals surface area (Å²) in [7, 11) is 0. The van der Waals surface area contributed by atoms with Crippen molar-refractivity contribution in [3.8, 4) is 0 Å². The molecule has 32 heavy (non-hydrogen) atoms. The van der Waals surface area contributed by atoms with E-state index in [9.17, 15) is 0 Å². The predicted octanol–water partition coefficient (Wildman–Crippen LogP) is 11.2. The Kier molecular flexibility index (Phi) is 27.8. The lowest BCUT2D eigenvalue weighted by Crippen LogP contribution is -2.47. The molecular weight excluding hydrogens is 410 g/mol. The van der Waals surface area contributed by atoms with Crippen LogP contribution in [0.2, 0.25) is 0 Å². The molecule has 0 aromatic heterocycles. The molecule has 2 N–H and O–H groups in total. The van der Waals surface area contributed by atoms with Crippen molar-refractivity contribution in [1.82, 2.24) is 0 Å². The van der Waals surface area contributed by atoms with Gasteiger partial charge in [-0.2, -0.15) is 0 Å². The number of hydrogen-bond acceptors (Lipinski definition) is 1. The topological polar surface area (TPSA) is 26.0 Å². The fraction of sp³-hybridized carbons (Fsp3) is 1.00. The molecule has 0 heterocycles. The fourth-order valence-corrected chi connectivity index (χ4v) is 5.36. The zero-order valence-electron chi connectivity index (χ0n) is 23.0. The van der Waals surface area contributed by atoms with Crippen LogP contribution in [0.3, 0.4) is 0 Å². The highest BCUT2D eigenvalue weighted by molar-refractivity contribution is 5.85. The summed E-state index contributed by atoms with van der Waals surface area (Å²) in [6.45, 7) is 9.27. The molecule has 0 aromatic carbocycles. The quantitative estimate of drug-likeness (QED) is 0.131. The third-order valence-corrected chi connectivity index (χ3v) is 7.62. The van der Waals surface area contributed by atoms with Crippen molar-refractivity contribution in [3.05, 3.63) is 0 Å². The molecule has 0 saturated carbocycles. The standard InChI is InChI=1S/C30H63N.ClH/c1-5-9-13-17-21-25-29(26-22-18-14-10-6-2)30(31,27-23-19-15-11-7-3)28-24-20-16-12-8-4;/h29H,5-28,31H2,1-4H3;1H. The molecule has 0 unspecified atom stereocenters. The lowest BCUT2D eigenvalue weighted by atomic mass is 9.72. The molecule has 0 bridgehead atoms. The molecule has 0 spiro atoms. The van der Waals surface area contributed by atoms with E-state index in [-0.39, 0.29) is 17.9 Å². The van der Waals surface area contributed by atoms with E-state index >= 15 is 0 Å². The molecule has 2 heteroatoms. The normalized spacial score (nSPS) is 11.8. The van der Waals surface area contributed by atoms with Gasteiger partial charge in [0.25, 0.3) is 0 Å². The van der Waals surface area contributed by atoms with Crippen LogP contribution in [0.4, 0.5) is 0 Å². The monoisotopic (exact) mass is 473 g/mol. The Morgan fingerprint density at radius 2 is 0.719 bits per heavy atom. The lowest BCUT2D eigenvalue weighted by molar-refractivity contribution is 0.189. The SMILES string of the molecule is CCCCCCCC(CCCCCCC)C(N)(CCCCCCC)CCCCCCC.Cl. The van der Waals surface area contributed by atoms with E-state index in [2.05, 4.69) is 27.7 Å². The van der Waals surface area contributed by atoms with Gasteiger partial charge in [0.05, 0.1) is 0 Å². The van der Waals surface area contributed by atoms with E-state index in [1.807, 2.05) is 0 Å². The Morgan fingerprint density at radius 3 is 1.03 bits per heavy atom. The van der Waals surface area contributed by atoms with E-state index in [0.717, 1.165) is 5.92 Å². The molecule has 0 saturated heterocycles. The second-order valence-corrected chi connectivity index (χ2v) is 10.7. The number of unbranched alkanes of at least 4 members (excludes halogenated alkanes) is 16. The average Bonchev–Trinajstić information content (AvgIpc) is 2.77. The Balaban J connectivity index is 0. The molecule has 0 rings (SSSR count). The van der Waals surface area contributed by atoms with Gasteiger partial charge >= 0.3 is 0 Å². The van der Waals surface area contributed by atoms with Gasteiger partial charge in [0.1, 0.15) is 0 Å². The van der Waals surface area contributed by atoms with Crippen LogP contribution in [-0.2, 0) is 0 Å². The Labute approximate surface area is 211 Å². The molecule has 0 aliphatic rings. The molecule has 1 nitrogen and oxygen atoms in total. The molecular formula is C30H64ClN. The van der Waals surface area contributed by atoms with Gasteiger partial charge in [0.15, 0.2) is 0 Å². The summed E-state index contributed by atoms with van der Waals surface area (Å²) in [5, 5.41) is 0. The van der Waals surface area contributed by atoms with Gasteiger partial charge in [0, 0.05) is 5.54 Å². The first-order valence-electron chi connectivity index (χ1n) is 14.9. The first-order valence-corrected chi connectivity index (χ1v) is 14.9. The van der Waals surface area contributed by atoms with Gasteiger partial charge in [-0.25, -0.2) is 0 Å². The number of hydrogen-bond donors (Lipinski definition) is 1. The van der Waals surface area contributed by atoms with Crippen molar-refractivity contribution in [2.45, 2.75) is 187 Å². The minimum atomic E-state index is 0. The maximum Gasteiger partial charge on any atom is 0.0182 e. The smallest absolute Gasteiger partial charge is 0.0182 e. The average molecular weight is 474 g/mol. The summed E-state index contributed by atoms with van der Waals surface area (Å²) in [5.41, 5.74) is 7.46. The summed E-state index contributed by atoms with van der Waals surface area (Å²) in [6.07, 6.45) is 33.1. The molecule has 0 aliphatic heterocycles. The molecule has 0 aliphatic carbocycles. The highest BCUT2D eigenvalue weighted by Crippen LogP contribution is 2.35. The molecule has 0 radical (unpaired) electrons. The van der Waals surface area contributed by atoms with Gasteiger partial charge in [-0.1, -0.05) is 156 Å². The third-order valence-electron chi connectivity index (χ3n) is 7.62. The second kappa shape index (κ2) is 25.9. The molecule has 0 aromatic rings. The van der Waals surface area contributed by atoms with Crippen molar-refractivity contribution in [3.63, 3.8) is 0 Å². The van der Waals surface area contributed by atoms with Crippen LogP contribution >= 0.6 is 12.4 Å². The van der Waals surface area contributed by atoms with Crippen LogP contribution in [0.25, 0.3) is 0 Å². The van der Waals surface area contributed by atoms with Gasteiger partial charge in [-0.3, -0.25) is 0 Å². The Bertz CT molecular complexity index is 316. The molecule has 0 amide bonds. The maximum atomic E-state index is 7.35. The number of halogens is 1. The van der Waals surface area contributed by atoms with Crippen molar-refractivity contribution in [1.29, 1.82) is 0 Å². The third kappa shape index (κ3) is 19.7. The van der Waals surface area contributed by atoms with Crippen LogP contribution < -0.4 is 5.73 Å².